The van der Waals surface area contributed by atoms with Gasteiger partial charge in [-0.3, -0.25) is 4.79 Å². The van der Waals surface area contributed by atoms with Gasteiger partial charge in [-0.2, -0.15) is 13.2 Å². The highest BCUT2D eigenvalue weighted by molar-refractivity contribution is 5.96. The highest BCUT2D eigenvalue weighted by Crippen LogP contribution is 2.14. The van der Waals surface area contributed by atoms with Crippen molar-refractivity contribution in [2.45, 2.75) is 19.5 Å². The minimum Gasteiger partial charge on any atom is -0.395 e. The molecule has 3 nitrogen and oxygen atoms in total. The zero-order chi connectivity index (χ0) is 15.2. The Morgan fingerprint density at radius 1 is 1.40 bits per heavy atom. The summed E-state index contributed by atoms with van der Waals surface area (Å²) in [5, 5.41) is 10.4. The number of aliphatic hydroxyl groups is 1. The van der Waals surface area contributed by atoms with Gasteiger partial charge in [-0.25, -0.2) is 0 Å². The van der Waals surface area contributed by atoms with Crippen LogP contribution < -0.4 is 5.32 Å². The first kappa shape index (κ1) is 16.1. The number of hydrogen-bond donors (Lipinski definition) is 2. The van der Waals surface area contributed by atoms with Crippen LogP contribution in [0.3, 0.4) is 0 Å². The molecule has 0 saturated heterocycles. The molecule has 1 rings (SSSR count). The second-order valence-electron chi connectivity index (χ2n) is 4.10. The van der Waals surface area contributed by atoms with E-state index >= 15 is 0 Å². The number of nitrogens with one attached hydrogen (secondary N) is 1. The van der Waals surface area contributed by atoms with E-state index in [2.05, 4.69) is 11.8 Å². The fourth-order valence-corrected chi connectivity index (χ4v) is 1.44. The lowest BCUT2D eigenvalue weighted by atomic mass is 10.0. The van der Waals surface area contributed by atoms with E-state index in [0.29, 0.717) is 17.5 Å². The number of alkyl halides is 3. The molecular weight excluding hydrogens is 271 g/mol. The Hall–Kier alpha value is -2.00. The predicted molar refractivity (Wildman–Crippen MR) is 68.1 cm³/mol. The molecule has 0 radical (unpaired) electrons. The van der Waals surface area contributed by atoms with E-state index < -0.39 is 18.6 Å². The number of hydrogen-bond acceptors (Lipinski definition) is 2. The van der Waals surface area contributed by atoms with Crippen LogP contribution in [0.5, 0.6) is 0 Å². The lowest BCUT2D eigenvalue weighted by molar-refractivity contribution is -0.123. The summed E-state index contributed by atoms with van der Waals surface area (Å²) in [5.74, 6) is 4.62. The largest absolute Gasteiger partial charge is 0.405 e. The van der Waals surface area contributed by atoms with Crippen molar-refractivity contribution in [2.75, 3.05) is 13.2 Å². The Bertz CT molecular complexity index is 542. The maximum Gasteiger partial charge on any atom is 0.405 e. The SMILES string of the molecule is Cc1ccc(C#CCCO)cc1C(=O)NCC(F)(F)F. The van der Waals surface area contributed by atoms with Crippen LogP contribution in [0.15, 0.2) is 18.2 Å². The zero-order valence-electron chi connectivity index (χ0n) is 10.8. The number of benzene rings is 1. The normalized spacial score (nSPS) is 10.7. The average Bonchev–Trinajstić information content (AvgIpc) is 2.37. The fraction of sp³-hybridized carbons (Fsp3) is 0.357. The molecule has 0 aliphatic heterocycles. The molecule has 20 heavy (non-hydrogen) atoms. The smallest absolute Gasteiger partial charge is 0.395 e. The summed E-state index contributed by atoms with van der Waals surface area (Å²) in [7, 11) is 0. The van der Waals surface area contributed by atoms with Crippen LogP contribution in [0.25, 0.3) is 0 Å². The van der Waals surface area contributed by atoms with Crippen molar-refractivity contribution in [3.63, 3.8) is 0 Å². The van der Waals surface area contributed by atoms with E-state index in [1.807, 2.05) is 5.32 Å². The second-order valence-corrected chi connectivity index (χ2v) is 4.10. The molecule has 0 aromatic heterocycles. The van der Waals surface area contributed by atoms with Gasteiger partial charge < -0.3 is 10.4 Å². The molecule has 0 spiro atoms. The molecule has 0 aliphatic rings. The van der Waals surface area contributed by atoms with Crippen LogP contribution in [0.4, 0.5) is 13.2 Å². The number of carbonyl (C=O) groups excluding carboxylic acids is 1. The van der Waals surface area contributed by atoms with Crippen molar-refractivity contribution in [1.82, 2.24) is 5.32 Å². The van der Waals surface area contributed by atoms with E-state index in [-0.39, 0.29) is 12.2 Å². The first-order valence-electron chi connectivity index (χ1n) is 5.89. The van der Waals surface area contributed by atoms with Gasteiger partial charge in [-0.05, 0) is 24.6 Å². The van der Waals surface area contributed by atoms with Crippen LogP contribution in [-0.4, -0.2) is 30.3 Å². The molecule has 0 saturated carbocycles. The molecular formula is C14H14F3NO2. The van der Waals surface area contributed by atoms with Crippen molar-refractivity contribution in [3.8, 4) is 11.8 Å². The summed E-state index contributed by atoms with van der Waals surface area (Å²) >= 11 is 0. The first-order chi connectivity index (χ1) is 9.33. The molecule has 1 amide bonds. The highest BCUT2D eigenvalue weighted by Gasteiger charge is 2.28. The van der Waals surface area contributed by atoms with Crippen molar-refractivity contribution in [3.05, 3.63) is 34.9 Å². The third-order valence-electron chi connectivity index (χ3n) is 2.40. The Labute approximate surface area is 114 Å². The summed E-state index contributed by atoms with van der Waals surface area (Å²) in [5.41, 5.74) is 1.24. The molecule has 0 atom stereocenters. The summed E-state index contributed by atoms with van der Waals surface area (Å²) in [6.07, 6.45) is -4.15. The average molecular weight is 285 g/mol. The van der Waals surface area contributed by atoms with E-state index in [1.165, 1.54) is 6.07 Å². The van der Waals surface area contributed by atoms with Gasteiger partial charge in [-0.15, -0.1) is 0 Å². The Kier molecular flexibility index (Phi) is 5.59. The third kappa shape index (κ3) is 5.33. The maximum absolute atomic E-state index is 12.1. The minimum atomic E-state index is -4.44. The van der Waals surface area contributed by atoms with E-state index in [9.17, 15) is 18.0 Å². The lowest BCUT2D eigenvalue weighted by Crippen LogP contribution is -2.34. The lowest BCUT2D eigenvalue weighted by Gasteiger charge is -2.10. The number of aliphatic hydroxyl groups excluding tert-OH is 1. The van der Waals surface area contributed by atoms with Gasteiger partial charge in [-0.1, -0.05) is 17.9 Å². The second kappa shape index (κ2) is 6.96. The molecule has 0 heterocycles. The van der Waals surface area contributed by atoms with Crippen LogP contribution in [0.2, 0.25) is 0 Å². The van der Waals surface area contributed by atoms with Gasteiger partial charge in [0.2, 0.25) is 0 Å². The summed E-state index contributed by atoms with van der Waals surface area (Å²) < 4.78 is 36.2. The van der Waals surface area contributed by atoms with Crippen LogP contribution in [0.1, 0.15) is 27.9 Å². The molecule has 108 valence electrons. The van der Waals surface area contributed by atoms with Gasteiger partial charge in [0.05, 0.1) is 6.61 Å². The Morgan fingerprint density at radius 2 is 2.10 bits per heavy atom. The van der Waals surface area contributed by atoms with Crippen molar-refractivity contribution in [1.29, 1.82) is 0 Å². The summed E-state index contributed by atoms with van der Waals surface area (Å²) in [4.78, 5) is 11.7. The molecule has 0 fully saturated rings. The van der Waals surface area contributed by atoms with Gasteiger partial charge in [0, 0.05) is 17.5 Å². The quantitative estimate of drug-likeness (QED) is 0.835. The molecule has 1 aromatic rings. The van der Waals surface area contributed by atoms with E-state index in [0.717, 1.165) is 0 Å². The minimum absolute atomic E-state index is 0.0716. The van der Waals surface area contributed by atoms with Gasteiger partial charge in [0.15, 0.2) is 0 Å². The predicted octanol–water partition coefficient (Wildman–Crippen LogP) is 2.02. The number of carbonyl (C=O) groups is 1. The number of aryl methyl sites for hydroxylation is 1. The van der Waals surface area contributed by atoms with Crippen LogP contribution in [0, 0.1) is 18.8 Å². The van der Waals surface area contributed by atoms with Crippen LogP contribution in [-0.2, 0) is 0 Å². The number of rotatable bonds is 3. The first-order valence-corrected chi connectivity index (χ1v) is 5.89. The fourth-order valence-electron chi connectivity index (χ4n) is 1.44. The van der Waals surface area contributed by atoms with E-state index in [1.54, 1.807) is 19.1 Å². The van der Waals surface area contributed by atoms with Crippen LogP contribution >= 0.6 is 0 Å². The molecule has 0 unspecified atom stereocenters. The monoisotopic (exact) mass is 285 g/mol. The van der Waals surface area contributed by atoms with Crippen molar-refractivity contribution in [2.24, 2.45) is 0 Å². The topological polar surface area (TPSA) is 49.3 Å². The van der Waals surface area contributed by atoms with Crippen molar-refractivity contribution < 1.29 is 23.1 Å². The molecule has 6 heteroatoms. The van der Waals surface area contributed by atoms with Gasteiger partial charge in [0.1, 0.15) is 6.54 Å². The number of halogens is 3. The summed E-state index contributed by atoms with van der Waals surface area (Å²) in [6.45, 7) is 0.191. The van der Waals surface area contributed by atoms with Gasteiger partial charge >= 0.3 is 6.18 Å². The van der Waals surface area contributed by atoms with E-state index in [4.69, 9.17) is 5.11 Å². The highest BCUT2D eigenvalue weighted by atomic mass is 19.4. The molecule has 2 N–H and O–H groups in total. The standard InChI is InChI=1S/C14H14F3NO2/c1-10-5-6-11(4-2-3-7-19)8-12(10)13(20)18-9-14(15,16)17/h5-6,8,19H,3,7,9H2,1H3,(H,18,20). The Balaban J connectivity index is 2.86. The zero-order valence-corrected chi connectivity index (χ0v) is 10.8. The van der Waals surface area contributed by atoms with Gasteiger partial charge in [0.25, 0.3) is 5.91 Å². The number of amides is 1. The third-order valence-corrected chi connectivity index (χ3v) is 2.40. The molecule has 1 aromatic carbocycles. The molecule has 0 bridgehead atoms. The molecule has 0 aliphatic carbocycles. The Morgan fingerprint density at radius 3 is 2.70 bits per heavy atom. The summed E-state index contributed by atoms with van der Waals surface area (Å²) in [6, 6.07) is 4.72. The van der Waals surface area contributed by atoms with Crippen molar-refractivity contribution >= 4 is 5.91 Å². The maximum atomic E-state index is 12.1.